The number of halogens is 1. The van der Waals surface area contributed by atoms with Crippen molar-refractivity contribution >= 4 is 23.4 Å². The fraction of sp³-hybridized carbons (Fsp3) is 0.583. The molecule has 0 aliphatic heterocycles. The average Bonchev–Trinajstić information content (AvgIpc) is 2.29. The molecule has 1 aromatic rings. The van der Waals surface area contributed by atoms with Crippen molar-refractivity contribution in [1.29, 1.82) is 0 Å². The van der Waals surface area contributed by atoms with Crippen LogP contribution in [0.1, 0.15) is 31.9 Å². The Morgan fingerprint density at radius 3 is 2.75 bits per heavy atom. The molecule has 0 saturated carbocycles. The molecular weight excluding hydrogens is 240 g/mol. The first-order chi connectivity index (χ1) is 7.63. The van der Waals surface area contributed by atoms with Gasteiger partial charge in [0.05, 0.1) is 0 Å². The Balaban J connectivity index is 2.35. The molecule has 0 fully saturated rings. The van der Waals surface area contributed by atoms with E-state index in [4.69, 9.17) is 11.6 Å². The summed E-state index contributed by atoms with van der Waals surface area (Å²) in [5.74, 6) is 0. The van der Waals surface area contributed by atoms with Crippen LogP contribution in [0.15, 0.2) is 18.3 Å². The molecule has 0 saturated heterocycles. The predicted molar refractivity (Wildman–Crippen MR) is 73.3 cm³/mol. The quantitative estimate of drug-likeness (QED) is 0.791. The second kappa shape index (κ2) is 7.15. The molecule has 1 rings (SSSR count). The van der Waals surface area contributed by atoms with Crippen molar-refractivity contribution in [3.63, 3.8) is 0 Å². The molecule has 0 aromatic carbocycles. The van der Waals surface area contributed by atoms with Crippen molar-refractivity contribution < 1.29 is 0 Å². The lowest BCUT2D eigenvalue weighted by atomic mass is 10.1. The number of nitrogens with one attached hydrogen (secondary N) is 1. The molecule has 16 heavy (non-hydrogen) atoms. The zero-order chi connectivity index (χ0) is 12.0. The number of hydrogen-bond acceptors (Lipinski definition) is 3. The van der Waals surface area contributed by atoms with E-state index >= 15 is 0 Å². The van der Waals surface area contributed by atoms with Crippen molar-refractivity contribution in [3.8, 4) is 0 Å². The molecule has 90 valence electrons. The Kier molecular flexibility index (Phi) is 6.17. The van der Waals surface area contributed by atoms with Crippen LogP contribution in [0.2, 0.25) is 5.15 Å². The van der Waals surface area contributed by atoms with Crippen LogP contribution < -0.4 is 5.32 Å². The highest BCUT2D eigenvalue weighted by molar-refractivity contribution is 7.99. The van der Waals surface area contributed by atoms with Gasteiger partial charge in [-0.25, -0.2) is 4.98 Å². The van der Waals surface area contributed by atoms with Gasteiger partial charge in [-0.2, -0.15) is 11.8 Å². The summed E-state index contributed by atoms with van der Waals surface area (Å²) in [7, 11) is 0. The molecule has 1 heterocycles. The van der Waals surface area contributed by atoms with E-state index < -0.39 is 0 Å². The highest BCUT2D eigenvalue weighted by Crippen LogP contribution is 2.14. The maximum Gasteiger partial charge on any atom is 0.129 e. The van der Waals surface area contributed by atoms with Crippen LogP contribution in [0.5, 0.6) is 0 Å². The largest absolute Gasteiger partial charge is 0.310 e. The van der Waals surface area contributed by atoms with Crippen LogP contribution in [0.25, 0.3) is 0 Å². The van der Waals surface area contributed by atoms with Crippen LogP contribution in [-0.4, -0.2) is 23.0 Å². The van der Waals surface area contributed by atoms with Gasteiger partial charge in [0.25, 0.3) is 0 Å². The molecule has 0 amide bonds. The Hall–Kier alpha value is -0.250. The smallest absolute Gasteiger partial charge is 0.129 e. The summed E-state index contributed by atoms with van der Waals surface area (Å²) in [5.41, 5.74) is 1.18. The summed E-state index contributed by atoms with van der Waals surface area (Å²) in [6.07, 6.45) is 5.17. The lowest BCUT2D eigenvalue weighted by Crippen LogP contribution is -2.22. The maximum atomic E-state index is 5.75. The normalized spacial score (nSPS) is 14.8. The van der Waals surface area contributed by atoms with Gasteiger partial charge in [-0.1, -0.05) is 24.6 Å². The molecule has 2 unspecified atom stereocenters. The topological polar surface area (TPSA) is 24.9 Å². The van der Waals surface area contributed by atoms with E-state index in [9.17, 15) is 0 Å². The number of pyridine rings is 1. The summed E-state index contributed by atoms with van der Waals surface area (Å²) in [6, 6.07) is 4.18. The highest BCUT2D eigenvalue weighted by atomic mass is 35.5. The third-order valence-electron chi connectivity index (χ3n) is 2.65. The number of aromatic nitrogens is 1. The summed E-state index contributed by atoms with van der Waals surface area (Å²) in [5, 5.41) is 4.75. The van der Waals surface area contributed by atoms with E-state index in [1.807, 2.05) is 30.1 Å². The summed E-state index contributed by atoms with van der Waals surface area (Å²) < 4.78 is 0. The maximum absolute atomic E-state index is 5.75. The van der Waals surface area contributed by atoms with Crippen LogP contribution in [0.3, 0.4) is 0 Å². The van der Waals surface area contributed by atoms with Gasteiger partial charge in [0, 0.05) is 17.5 Å². The van der Waals surface area contributed by atoms with E-state index in [0.29, 0.717) is 16.4 Å². The lowest BCUT2D eigenvalue weighted by molar-refractivity contribution is 0.556. The predicted octanol–water partition coefficient (Wildman–Crippen LogP) is 3.53. The first-order valence-electron chi connectivity index (χ1n) is 5.51. The van der Waals surface area contributed by atoms with Crippen LogP contribution in [-0.2, 0) is 0 Å². The molecule has 0 aliphatic rings. The summed E-state index contributed by atoms with van der Waals surface area (Å²) in [4.78, 5) is 4.08. The van der Waals surface area contributed by atoms with E-state index in [2.05, 4.69) is 30.4 Å². The van der Waals surface area contributed by atoms with Gasteiger partial charge >= 0.3 is 0 Å². The second-order valence-electron chi connectivity index (χ2n) is 3.93. The fourth-order valence-electron chi connectivity index (χ4n) is 1.38. The molecule has 2 atom stereocenters. The zero-order valence-corrected chi connectivity index (χ0v) is 11.6. The highest BCUT2D eigenvalue weighted by Gasteiger charge is 2.06. The molecule has 0 aliphatic carbocycles. The molecule has 2 nitrogen and oxygen atoms in total. The monoisotopic (exact) mass is 258 g/mol. The Bertz CT molecular complexity index is 302. The Morgan fingerprint density at radius 2 is 2.19 bits per heavy atom. The van der Waals surface area contributed by atoms with Crippen LogP contribution >= 0.6 is 23.4 Å². The van der Waals surface area contributed by atoms with E-state index in [1.54, 1.807) is 0 Å². The number of thioether (sulfide) groups is 1. The second-order valence-corrected chi connectivity index (χ2v) is 5.59. The summed E-state index contributed by atoms with van der Waals surface area (Å²) >= 11 is 7.65. The third kappa shape index (κ3) is 4.73. The third-order valence-corrected chi connectivity index (χ3v) is 3.92. The van der Waals surface area contributed by atoms with E-state index in [1.165, 1.54) is 12.0 Å². The average molecular weight is 259 g/mol. The number of hydrogen-bond donors (Lipinski definition) is 1. The van der Waals surface area contributed by atoms with Crippen molar-refractivity contribution in [3.05, 3.63) is 29.0 Å². The number of rotatable bonds is 6. The first kappa shape index (κ1) is 13.8. The van der Waals surface area contributed by atoms with E-state index in [0.717, 1.165) is 6.54 Å². The summed E-state index contributed by atoms with van der Waals surface area (Å²) in [6.45, 7) is 5.43. The van der Waals surface area contributed by atoms with Crippen molar-refractivity contribution in [1.82, 2.24) is 10.3 Å². The first-order valence-corrected chi connectivity index (χ1v) is 7.17. The molecule has 0 bridgehead atoms. The fourth-order valence-corrected chi connectivity index (χ4v) is 1.85. The SMILES string of the molecule is CSC(C)CCNC(C)c1ccc(Cl)nc1. The minimum absolute atomic E-state index is 0.332. The van der Waals surface area contributed by atoms with Gasteiger partial charge in [0.2, 0.25) is 0 Å². The molecule has 1 N–H and O–H groups in total. The molecule has 1 aromatic heterocycles. The minimum atomic E-state index is 0.332. The van der Waals surface area contributed by atoms with Crippen LogP contribution in [0.4, 0.5) is 0 Å². The molecule has 4 heteroatoms. The number of nitrogens with zero attached hydrogens (tertiary/aromatic N) is 1. The van der Waals surface area contributed by atoms with Gasteiger partial charge in [0.15, 0.2) is 0 Å². The molecule has 0 radical (unpaired) electrons. The van der Waals surface area contributed by atoms with Crippen molar-refractivity contribution in [2.45, 2.75) is 31.6 Å². The van der Waals surface area contributed by atoms with E-state index in [-0.39, 0.29) is 0 Å². The van der Waals surface area contributed by atoms with Gasteiger partial charge in [-0.05, 0) is 37.8 Å². The minimum Gasteiger partial charge on any atom is -0.310 e. The van der Waals surface area contributed by atoms with Gasteiger partial charge in [-0.3, -0.25) is 0 Å². The zero-order valence-electron chi connectivity index (χ0n) is 10.0. The van der Waals surface area contributed by atoms with Gasteiger partial charge in [-0.15, -0.1) is 0 Å². The standard InChI is InChI=1S/C12H19ClN2S/c1-9(16-3)6-7-14-10(2)11-4-5-12(13)15-8-11/h4-5,8-10,14H,6-7H2,1-3H3. The lowest BCUT2D eigenvalue weighted by Gasteiger charge is -2.15. The van der Waals surface area contributed by atoms with Crippen LogP contribution in [0, 0.1) is 0 Å². The van der Waals surface area contributed by atoms with Crippen molar-refractivity contribution in [2.24, 2.45) is 0 Å². The Morgan fingerprint density at radius 1 is 1.44 bits per heavy atom. The van der Waals surface area contributed by atoms with Gasteiger partial charge in [0.1, 0.15) is 5.15 Å². The van der Waals surface area contributed by atoms with Crippen molar-refractivity contribution in [2.75, 3.05) is 12.8 Å². The van der Waals surface area contributed by atoms with Gasteiger partial charge < -0.3 is 5.32 Å². The molecule has 0 spiro atoms. The molecular formula is C12H19ClN2S. The Labute approximate surface area is 107 Å².